The van der Waals surface area contributed by atoms with Crippen LogP contribution in [0.2, 0.25) is 0 Å². The molecule has 3 aromatic carbocycles. The lowest BCUT2D eigenvalue weighted by atomic mass is 9.63. The van der Waals surface area contributed by atoms with Gasteiger partial charge < -0.3 is 14.4 Å². The van der Waals surface area contributed by atoms with Crippen LogP contribution in [0.3, 0.4) is 0 Å². The summed E-state index contributed by atoms with van der Waals surface area (Å²) in [5.74, 6) is -0.286. The number of nitrogens with zero attached hydrogens (tertiary/aromatic N) is 1. The maximum absolute atomic E-state index is 14.6. The number of carbonyl (C=O) groups is 3. The number of carbonyl (C=O) groups excluding carboxylic acids is 3. The minimum Gasteiger partial charge on any atom is -0.493 e. The van der Waals surface area contributed by atoms with Crippen molar-refractivity contribution in [2.45, 2.75) is 38.8 Å². The molecule has 6 nitrogen and oxygen atoms in total. The predicted octanol–water partition coefficient (Wildman–Crippen LogP) is 5.75. The van der Waals surface area contributed by atoms with Gasteiger partial charge in [0.15, 0.2) is 28.8 Å². The molecule has 1 fully saturated rings. The van der Waals surface area contributed by atoms with Crippen molar-refractivity contribution in [3.63, 3.8) is 0 Å². The topological polar surface area (TPSA) is 72.9 Å². The molecule has 0 unspecified atom stereocenters. The third-order valence-corrected chi connectivity index (χ3v) is 8.49. The monoisotopic (exact) mass is 521 g/mol. The summed E-state index contributed by atoms with van der Waals surface area (Å²) in [5, 5.41) is 0. The SMILES string of the molecule is COc1ccc([C@@H]2[C@@H](C(=O)C(C)(C)C)N3c4ccccc4C=C[C@@H]3C23C(=O)c2ccccc2C3=O)cc1OC. The Morgan fingerprint density at radius 3 is 2.08 bits per heavy atom. The second kappa shape index (κ2) is 8.67. The van der Waals surface area contributed by atoms with E-state index >= 15 is 0 Å². The van der Waals surface area contributed by atoms with Gasteiger partial charge in [-0.25, -0.2) is 0 Å². The van der Waals surface area contributed by atoms with E-state index in [-0.39, 0.29) is 17.3 Å². The second-order valence-electron chi connectivity index (χ2n) is 11.5. The number of hydrogen-bond donors (Lipinski definition) is 0. The molecule has 1 saturated heterocycles. The van der Waals surface area contributed by atoms with E-state index in [1.54, 1.807) is 44.6 Å². The fourth-order valence-electron chi connectivity index (χ4n) is 6.78. The Morgan fingerprint density at radius 1 is 0.846 bits per heavy atom. The van der Waals surface area contributed by atoms with Gasteiger partial charge in [0.05, 0.1) is 26.3 Å². The molecule has 0 radical (unpaired) electrons. The molecule has 6 heteroatoms. The average molecular weight is 522 g/mol. The van der Waals surface area contributed by atoms with Crippen LogP contribution in [0, 0.1) is 10.8 Å². The quantitative estimate of drug-likeness (QED) is 0.407. The van der Waals surface area contributed by atoms with E-state index in [1.807, 2.05) is 74.2 Å². The van der Waals surface area contributed by atoms with Crippen molar-refractivity contribution < 1.29 is 23.9 Å². The lowest BCUT2D eigenvalue weighted by Gasteiger charge is -2.38. The highest BCUT2D eigenvalue weighted by Gasteiger charge is 2.72. The summed E-state index contributed by atoms with van der Waals surface area (Å²) in [4.78, 5) is 45.8. The Balaban J connectivity index is 1.70. The lowest BCUT2D eigenvalue weighted by molar-refractivity contribution is -0.127. The number of fused-ring (bicyclic) bond motifs is 5. The number of para-hydroxylation sites is 1. The van der Waals surface area contributed by atoms with E-state index in [2.05, 4.69) is 0 Å². The molecular formula is C33H31NO5. The molecule has 1 aliphatic carbocycles. The third-order valence-electron chi connectivity index (χ3n) is 8.49. The third kappa shape index (κ3) is 3.30. The van der Waals surface area contributed by atoms with Crippen LogP contribution in [0.25, 0.3) is 6.08 Å². The Kier molecular flexibility index (Phi) is 5.58. The fourth-order valence-corrected chi connectivity index (χ4v) is 6.78. The first-order valence-electron chi connectivity index (χ1n) is 13.2. The minimum atomic E-state index is -1.53. The van der Waals surface area contributed by atoms with E-state index in [1.165, 1.54) is 0 Å². The molecule has 0 saturated carbocycles. The molecule has 0 N–H and O–H groups in total. The van der Waals surface area contributed by atoms with Gasteiger partial charge in [0.2, 0.25) is 0 Å². The summed E-state index contributed by atoms with van der Waals surface area (Å²) in [6.45, 7) is 5.67. The number of ether oxygens (including phenoxy) is 2. The lowest BCUT2D eigenvalue weighted by Crippen LogP contribution is -2.49. The zero-order valence-corrected chi connectivity index (χ0v) is 22.7. The largest absolute Gasteiger partial charge is 0.493 e. The highest BCUT2D eigenvalue weighted by atomic mass is 16.5. The number of ketones is 3. The van der Waals surface area contributed by atoms with Gasteiger partial charge in [0, 0.05) is 28.1 Å². The molecule has 3 aliphatic rings. The highest BCUT2D eigenvalue weighted by Crippen LogP contribution is 2.61. The number of anilines is 1. The summed E-state index contributed by atoms with van der Waals surface area (Å²) >= 11 is 0. The number of benzene rings is 3. The summed E-state index contributed by atoms with van der Waals surface area (Å²) in [7, 11) is 3.11. The number of Topliss-reactive ketones (excluding diaryl/α,β-unsaturated/α-hetero) is 3. The molecule has 198 valence electrons. The van der Waals surface area contributed by atoms with Gasteiger partial charge in [-0.05, 0) is 29.3 Å². The Morgan fingerprint density at radius 2 is 1.46 bits per heavy atom. The van der Waals surface area contributed by atoms with Crippen LogP contribution in [0.5, 0.6) is 11.5 Å². The van der Waals surface area contributed by atoms with Gasteiger partial charge in [-0.3, -0.25) is 14.4 Å². The molecule has 0 bridgehead atoms. The summed E-state index contributed by atoms with van der Waals surface area (Å²) < 4.78 is 11.1. The van der Waals surface area contributed by atoms with Crippen molar-refractivity contribution in [2.24, 2.45) is 10.8 Å². The van der Waals surface area contributed by atoms with Crippen molar-refractivity contribution in [3.05, 3.63) is 95.1 Å². The second-order valence-corrected chi connectivity index (χ2v) is 11.5. The smallest absolute Gasteiger partial charge is 0.180 e. The first-order chi connectivity index (χ1) is 18.7. The van der Waals surface area contributed by atoms with Crippen LogP contribution < -0.4 is 14.4 Å². The summed E-state index contributed by atoms with van der Waals surface area (Å²) in [5.41, 5.74) is 1.02. The van der Waals surface area contributed by atoms with Crippen LogP contribution in [0.4, 0.5) is 5.69 Å². The average Bonchev–Trinajstić information content (AvgIpc) is 3.38. The van der Waals surface area contributed by atoms with Gasteiger partial charge in [-0.2, -0.15) is 0 Å². The normalized spacial score (nSPS) is 22.5. The van der Waals surface area contributed by atoms with Crippen molar-refractivity contribution in [1.82, 2.24) is 0 Å². The fraction of sp³-hybridized carbons (Fsp3) is 0.303. The van der Waals surface area contributed by atoms with Crippen molar-refractivity contribution >= 4 is 29.1 Å². The van der Waals surface area contributed by atoms with E-state index in [0.29, 0.717) is 28.2 Å². The number of rotatable bonds is 4. The molecule has 39 heavy (non-hydrogen) atoms. The molecule has 0 aromatic heterocycles. The van der Waals surface area contributed by atoms with Crippen molar-refractivity contribution in [2.75, 3.05) is 19.1 Å². The molecule has 0 amide bonds. The van der Waals surface area contributed by atoms with E-state index in [4.69, 9.17) is 9.47 Å². The Labute approximate surface area is 228 Å². The van der Waals surface area contributed by atoms with Crippen LogP contribution >= 0.6 is 0 Å². The van der Waals surface area contributed by atoms with Gasteiger partial charge in [-0.1, -0.05) is 81.5 Å². The summed E-state index contributed by atoms with van der Waals surface area (Å²) in [6, 6.07) is 18.9. The highest BCUT2D eigenvalue weighted by molar-refractivity contribution is 6.32. The minimum absolute atomic E-state index is 0.0363. The van der Waals surface area contributed by atoms with E-state index in [0.717, 1.165) is 11.3 Å². The molecule has 6 rings (SSSR count). The van der Waals surface area contributed by atoms with Gasteiger partial charge in [-0.15, -0.1) is 0 Å². The molecule has 2 heterocycles. The Hall–Kier alpha value is -4.19. The van der Waals surface area contributed by atoms with E-state index in [9.17, 15) is 14.4 Å². The number of hydrogen-bond acceptors (Lipinski definition) is 6. The zero-order valence-electron chi connectivity index (χ0n) is 22.7. The molecule has 3 atom stereocenters. The first kappa shape index (κ1) is 25.1. The molecule has 1 spiro atoms. The van der Waals surface area contributed by atoms with Crippen LogP contribution in [-0.2, 0) is 4.79 Å². The van der Waals surface area contributed by atoms with Crippen molar-refractivity contribution in [1.29, 1.82) is 0 Å². The standard InChI is InChI=1S/C33H31NO5/c1-32(2,3)31(37)28-27(20-14-16-24(38-4)25(18-20)39-5)33(29(35)21-11-7-8-12-22(21)30(33)36)26-17-15-19-10-6-9-13-23(19)34(26)28/h6-18,26-28H,1-5H3/t26-,27-,28+/m1/s1. The molecular weight excluding hydrogens is 490 g/mol. The zero-order chi connectivity index (χ0) is 27.7. The molecule has 2 aliphatic heterocycles. The summed E-state index contributed by atoms with van der Waals surface area (Å²) in [6.07, 6.45) is 3.91. The predicted molar refractivity (Wildman–Crippen MR) is 150 cm³/mol. The first-order valence-corrected chi connectivity index (χ1v) is 13.2. The van der Waals surface area contributed by atoms with Crippen LogP contribution in [-0.4, -0.2) is 43.7 Å². The van der Waals surface area contributed by atoms with Gasteiger partial charge in [0.1, 0.15) is 5.41 Å². The van der Waals surface area contributed by atoms with Gasteiger partial charge >= 0.3 is 0 Å². The van der Waals surface area contributed by atoms with Crippen molar-refractivity contribution in [3.8, 4) is 11.5 Å². The van der Waals surface area contributed by atoms with Gasteiger partial charge in [0.25, 0.3) is 0 Å². The Bertz CT molecular complexity index is 1530. The number of methoxy groups -OCH3 is 2. The maximum Gasteiger partial charge on any atom is 0.180 e. The molecule has 3 aromatic rings. The van der Waals surface area contributed by atoms with Crippen LogP contribution in [0.1, 0.15) is 58.5 Å². The van der Waals surface area contributed by atoms with Crippen LogP contribution in [0.15, 0.2) is 72.8 Å². The maximum atomic E-state index is 14.6. The van der Waals surface area contributed by atoms with E-state index < -0.39 is 28.8 Å².